The zero-order chi connectivity index (χ0) is 29.4. The Morgan fingerprint density at radius 2 is 1.34 bits per heavy atom. The maximum atomic E-state index is 13.6. The number of benzene rings is 3. The fourth-order valence-electron chi connectivity index (χ4n) is 4.68. The average molecular weight is 638 g/mol. The smallest absolute Gasteiger partial charge is 0.342 e. The molecule has 3 aromatic carbocycles. The summed E-state index contributed by atoms with van der Waals surface area (Å²) in [5.41, 5.74) is 2.78. The molecule has 0 saturated heterocycles. The quantitative estimate of drug-likeness (QED) is 0.252. The highest BCUT2D eigenvalue weighted by molar-refractivity contribution is 6.42. The van der Waals surface area contributed by atoms with Crippen molar-refractivity contribution in [3.05, 3.63) is 90.9 Å². The van der Waals surface area contributed by atoms with Crippen molar-refractivity contribution in [3.63, 3.8) is 0 Å². The van der Waals surface area contributed by atoms with Gasteiger partial charge in [-0.25, -0.2) is 4.79 Å². The molecule has 3 aromatic rings. The molecule has 0 fully saturated rings. The van der Waals surface area contributed by atoms with Crippen molar-refractivity contribution in [3.8, 4) is 11.5 Å². The molecule has 9 heteroatoms. The van der Waals surface area contributed by atoms with Crippen molar-refractivity contribution >= 4 is 58.2 Å². The number of ether oxygens (including phenoxy) is 3. The van der Waals surface area contributed by atoms with Gasteiger partial charge in [-0.2, -0.15) is 0 Å². The van der Waals surface area contributed by atoms with Gasteiger partial charge >= 0.3 is 5.97 Å². The monoisotopic (exact) mass is 636 g/mol. The molecule has 0 unspecified atom stereocenters. The molecule has 218 valence electrons. The largest absolute Gasteiger partial charge is 0.489 e. The van der Waals surface area contributed by atoms with Gasteiger partial charge in [0.15, 0.2) is 0 Å². The molecule has 41 heavy (non-hydrogen) atoms. The Morgan fingerprint density at radius 1 is 0.732 bits per heavy atom. The van der Waals surface area contributed by atoms with E-state index in [9.17, 15) is 9.59 Å². The molecule has 4 rings (SSSR count). The number of ketones is 1. The van der Waals surface area contributed by atoms with Crippen molar-refractivity contribution in [1.29, 1.82) is 0 Å². The van der Waals surface area contributed by atoms with E-state index >= 15 is 0 Å². The van der Waals surface area contributed by atoms with Crippen molar-refractivity contribution in [1.82, 2.24) is 0 Å². The van der Waals surface area contributed by atoms with Gasteiger partial charge in [0.25, 0.3) is 0 Å². The molecule has 0 spiro atoms. The van der Waals surface area contributed by atoms with Crippen LogP contribution in [-0.4, -0.2) is 17.9 Å². The highest BCUT2D eigenvalue weighted by Crippen LogP contribution is 2.34. The van der Waals surface area contributed by atoms with Gasteiger partial charge in [-0.15, -0.1) is 0 Å². The maximum absolute atomic E-state index is 13.6. The number of aryl methyl sites for hydroxylation is 1. The maximum Gasteiger partial charge on any atom is 0.342 e. The van der Waals surface area contributed by atoms with E-state index < -0.39 is 5.97 Å². The minimum Gasteiger partial charge on any atom is -0.489 e. The topological polar surface area (TPSA) is 61.8 Å². The van der Waals surface area contributed by atoms with E-state index in [0.29, 0.717) is 69.3 Å². The van der Waals surface area contributed by atoms with Gasteiger partial charge in [0.2, 0.25) is 0 Å². The summed E-state index contributed by atoms with van der Waals surface area (Å²) in [6.07, 6.45) is 5.11. The third kappa shape index (κ3) is 9.27. The molecule has 0 bridgehead atoms. The van der Waals surface area contributed by atoms with Crippen molar-refractivity contribution < 1.29 is 23.8 Å². The van der Waals surface area contributed by atoms with Crippen LogP contribution in [0.4, 0.5) is 0 Å². The standard InChI is InChI=1S/C32H32Cl4O5/c1-20-6-5-9-24(37)8-4-2-3-7-23-16-25(39-18-21-10-12-26(33)28(35)14-21)17-30(31(23)32(38)41-20)40-19-22-11-13-27(34)29(36)15-22/h10-17,20H,2-9,18-19H2,1H3/t20-/m0/s1. The molecule has 1 aliphatic heterocycles. The van der Waals surface area contributed by atoms with Crippen LogP contribution in [-0.2, 0) is 29.2 Å². The summed E-state index contributed by atoms with van der Waals surface area (Å²) >= 11 is 24.5. The summed E-state index contributed by atoms with van der Waals surface area (Å²) in [5.74, 6) is 0.696. The molecule has 0 aromatic heterocycles. The fourth-order valence-corrected chi connectivity index (χ4v) is 5.33. The Kier molecular flexibility index (Phi) is 11.6. The predicted octanol–water partition coefficient (Wildman–Crippen LogP) is 9.86. The summed E-state index contributed by atoms with van der Waals surface area (Å²) in [5, 5.41) is 1.77. The second-order valence-electron chi connectivity index (χ2n) is 10.2. The summed E-state index contributed by atoms with van der Waals surface area (Å²) in [6.45, 7) is 2.24. The van der Waals surface area contributed by atoms with Crippen LogP contribution in [0.3, 0.4) is 0 Å². The zero-order valence-electron chi connectivity index (χ0n) is 22.8. The number of hydrogen-bond acceptors (Lipinski definition) is 5. The van der Waals surface area contributed by atoms with Gasteiger partial charge in [0.05, 0.1) is 26.2 Å². The Labute approximate surface area is 261 Å². The highest BCUT2D eigenvalue weighted by Gasteiger charge is 2.24. The molecule has 1 atom stereocenters. The lowest BCUT2D eigenvalue weighted by atomic mass is 9.98. The molecule has 0 radical (unpaired) electrons. The van der Waals surface area contributed by atoms with Crippen LogP contribution in [0.25, 0.3) is 0 Å². The first kappa shape index (κ1) is 31.5. The van der Waals surface area contributed by atoms with Gasteiger partial charge < -0.3 is 14.2 Å². The van der Waals surface area contributed by atoms with Crippen LogP contribution in [0.15, 0.2) is 48.5 Å². The third-order valence-corrected chi connectivity index (χ3v) is 8.38. The molecule has 0 aliphatic carbocycles. The summed E-state index contributed by atoms with van der Waals surface area (Å²) in [7, 11) is 0. The van der Waals surface area contributed by atoms with Crippen LogP contribution in [0, 0.1) is 0 Å². The van der Waals surface area contributed by atoms with E-state index in [1.807, 2.05) is 25.1 Å². The Bertz CT molecular complexity index is 1390. The number of Topliss-reactive ketones (excluding diaryl/α,β-unsaturated/α-hetero) is 1. The SMILES string of the molecule is C[C@H]1CCCC(=O)CCCCCc2cc(OCc3ccc(Cl)c(Cl)c3)cc(OCc3ccc(Cl)c(Cl)c3)c2C(=O)O1. The predicted molar refractivity (Wildman–Crippen MR) is 164 cm³/mol. The number of esters is 1. The van der Waals surface area contributed by atoms with Gasteiger partial charge in [0.1, 0.15) is 36.1 Å². The van der Waals surface area contributed by atoms with Crippen LogP contribution in [0.5, 0.6) is 11.5 Å². The van der Waals surface area contributed by atoms with Crippen molar-refractivity contribution in [2.24, 2.45) is 0 Å². The highest BCUT2D eigenvalue weighted by atomic mass is 35.5. The number of cyclic esters (lactones) is 1. The normalized spacial score (nSPS) is 16.9. The lowest BCUT2D eigenvalue weighted by molar-refractivity contribution is -0.119. The minimum absolute atomic E-state index is 0.157. The number of carbonyl (C=O) groups excluding carboxylic acids is 2. The van der Waals surface area contributed by atoms with Crippen LogP contribution >= 0.6 is 46.4 Å². The van der Waals surface area contributed by atoms with E-state index in [1.165, 1.54) is 0 Å². The molecule has 0 saturated carbocycles. The number of carbonyl (C=O) groups is 2. The Balaban J connectivity index is 1.66. The van der Waals surface area contributed by atoms with Crippen molar-refractivity contribution in [2.75, 3.05) is 0 Å². The van der Waals surface area contributed by atoms with Crippen LogP contribution < -0.4 is 9.47 Å². The van der Waals surface area contributed by atoms with E-state index in [0.717, 1.165) is 36.0 Å². The molecule has 1 heterocycles. The van der Waals surface area contributed by atoms with Crippen molar-refractivity contribution in [2.45, 2.75) is 77.6 Å². The first-order chi connectivity index (χ1) is 19.7. The Morgan fingerprint density at radius 3 is 2.00 bits per heavy atom. The first-order valence-electron chi connectivity index (χ1n) is 13.7. The van der Waals surface area contributed by atoms with Gasteiger partial charge in [-0.3, -0.25) is 4.79 Å². The molecular weight excluding hydrogens is 606 g/mol. The second-order valence-corrected chi connectivity index (χ2v) is 11.9. The summed E-state index contributed by atoms with van der Waals surface area (Å²) in [6, 6.07) is 14.1. The van der Waals surface area contributed by atoms with E-state index in [1.54, 1.807) is 30.3 Å². The first-order valence-corrected chi connectivity index (χ1v) is 15.2. The Hall–Kier alpha value is -2.44. The summed E-state index contributed by atoms with van der Waals surface area (Å²) in [4.78, 5) is 25.8. The molecule has 5 nitrogen and oxygen atoms in total. The minimum atomic E-state index is -0.462. The zero-order valence-corrected chi connectivity index (χ0v) is 25.8. The van der Waals surface area contributed by atoms with Crippen LogP contribution in [0.1, 0.15) is 78.9 Å². The fraction of sp³-hybridized carbons (Fsp3) is 0.375. The molecule has 1 aliphatic rings. The lowest BCUT2D eigenvalue weighted by Crippen LogP contribution is -2.18. The number of hydrogen-bond donors (Lipinski definition) is 0. The van der Waals surface area contributed by atoms with Gasteiger partial charge in [-0.05, 0) is 86.1 Å². The number of halogens is 4. The number of fused-ring (bicyclic) bond motifs is 1. The molecule has 0 amide bonds. The molecular formula is C32H32Cl4O5. The van der Waals surface area contributed by atoms with E-state index in [2.05, 4.69) is 0 Å². The number of rotatable bonds is 6. The van der Waals surface area contributed by atoms with Gasteiger partial charge in [-0.1, -0.05) is 65.0 Å². The molecule has 0 N–H and O–H groups in total. The third-order valence-electron chi connectivity index (χ3n) is 6.91. The van der Waals surface area contributed by atoms with Gasteiger partial charge in [0, 0.05) is 18.9 Å². The van der Waals surface area contributed by atoms with E-state index in [-0.39, 0.29) is 25.1 Å². The second kappa shape index (κ2) is 15.2. The summed E-state index contributed by atoms with van der Waals surface area (Å²) < 4.78 is 18.2. The lowest BCUT2D eigenvalue weighted by Gasteiger charge is -2.20. The van der Waals surface area contributed by atoms with Crippen LogP contribution in [0.2, 0.25) is 20.1 Å². The van der Waals surface area contributed by atoms with E-state index in [4.69, 9.17) is 60.6 Å². The average Bonchev–Trinajstić information content (AvgIpc) is 2.93.